The fraction of sp³-hybridized carbons (Fsp3) is 0.769. The molecular formula is C13H23N3O2. The molecule has 1 saturated heterocycles. The molecule has 5 heteroatoms. The quantitative estimate of drug-likeness (QED) is 0.699. The van der Waals surface area contributed by atoms with E-state index in [1.54, 1.807) is 11.8 Å². The van der Waals surface area contributed by atoms with Gasteiger partial charge in [-0.2, -0.15) is 0 Å². The maximum absolute atomic E-state index is 11.8. The van der Waals surface area contributed by atoms with Crippen molar-refractivity contribution in [2.75, 3.05) is 32.7 Å². The third-order valence-electron chi connectivity index (χ3n) is 3.20. The highest BCUT2D eigenvalue weighted by atomic mass is 16.3. The molecule has 0 aromatic heterocycles. The van der Waals surface area contributed by atoms with Crippen molar-refractivity contribution in [1.29, 1.82) is 0 Å². The van der Waals surface area contributed by atoms with Crippen LogP contribution in [0.1, 0.15) is 20.3 Å². The van der Waals surface area contributed by atoms with Crippen LogP contribution in [0.25, 0.3) is 0 Å². The highest BCUT2D eigenvalue weighted by Gasteiger charge is 2.28. The first-order valence-electron chi connectivity index (χ1n) is 6.46. The van der Waals surface area contributed by atoms with Crippen LogP contribution in [0.3, 0.4) is 0 Å². The van der Waals surface area contributed by atoms with Crippen LogP contribution in [0.5, 0.6) is 0 Å². The van der Waals surface area contributed by atoms with Crippen molar-refractivity contribution in [3.05, 3.63) is 0 Å². The van der Waals surface area contributed by atoms with Gasteiger partial charge in [0.1, 0.15) is 0 Å². The predicted octanol–water partition coefficient (Wildman–Crippen LogP) is 0.106. The van der Waals surface area contributed by atoms with Crippen LogP contribution in [-0.4, -0.2) is 65.8 Å². The number of carbonyl (C=O) groups excluding carboxylic acids is 1. The number of rotatable bonds is 4. The normalized spacial score (nSPS) is 22.3. The Hall–Kier alpha value is -1.25. The number of aliphatic hydroxyl groups is 1. The minimum Gasteiger partial charge on any atom is -0.392 e. The average Bonchev–Trinajstić information content (AvgIpc) is 2.35. The van der Waals surface area contributed by atoms with E-state index in [2.05, 4.69) is 23.1 Å². The van der Waals surface area contributed by atoms with E-state index < -0.39 is 0 Å². The molecule has 1 aliphatic rings. The lowest BCUT2D eigenvalue weighted by Gasteiger charge is -2.41. The molecule has 0 bridgehead atoms. The monoisotopic (exact) mass is 253 g/mol. The van der Waals surface area contributed by atoms with Crippen LogP contribution < -0.4 is 5.32 Å². The smallest absolute Gasteiger partial charge is 0.318 e. The molecule has 0 radical (unpaired) electrons. The lowest BCUT2D eigenvalue weighted by atomic mass is 10.1. The van der Waals surface area contributed by atoms with Gasteiger partial charge in [-0.3, -0.25) is 4.90 Å². The van der Waals surface area contributed by atoms with Crippen LogP contribution in [-0.2, 0) is 0 Å². The summed E-state index contributed by atoms with van der Waals surface area (Å²) in [5.41, 5.74) is 0. The van der Waals surface area contributed by atoms with Crippen molar-refractivity contribution >= 4 is 6.03 Å². The second-order valence-electron chi connectivity index (χ2n) is 4.71. The fourth-order valence-corrected chi connectivity index (χ4v) is 2.28. The maximum Gasteiger partial charge on any atom is 0.318 e. The number of hydrogen-bond donors (Lipinski definition) is 2. The molecule has 0 unspecified atom stereocenters. The SMILES string of the molecule is C#CCNC(=O)N1CCN(C[C@H](C)O)[C@H](CC)C1. The minimum absolute atomic E-state index is 0.0944. The summed E-state index contributed by atoms with van der Waals surface area (Å²) in [7, 11) is 0. The van der Waals surface area contributed by atoms with Gasteiger partial charge in [-0.1, -0.05) is 12.8 Å². The van der Waals surface area contributed by atoms with Gasteiger partial charge in [0.15, 0.2) is 0 Å². The highest BCUT2D eigenvalue weighted by molar-refractivity contribution is 5.74. The first kappa shape index (κ1) is 14.8. The molecule has 2 amide bonds. The molecule has 0 saturated carbocycles. The molecule has 1 aliphatic heterocycles. The zero-order chi connectivity index (χ0) is 13.5. The second-order valence-corrected chi connectivity index (χ2v) is 4.71. The molecule has 2 N–H and O–H groups in total. The van der Waals surface area contributed by atoms with Crippen molar-refractivity contribution in [2.45, 2.75) is 32.4 Å². The molecule has 1 rings (SSSR count). The van der Waals surface area contributed by atoms with Crippen molar-refractivity contribution in [1.82, 2.24) is 15.1 Å². The van der Waals surface area contributed by atoms with E-state index in [0.717, 1.165) is 13.0 Å². The van der Waals surface area contributed by atoms with Crippen LogP contribution in [0.2, 0.25) is 0 Å². The maximum atomic E-state index is 11.8. The number of hydrogen-bond acceptors (Lipinski definition) is 3. The summed E-state index contributed by atoms with van der Waals surface area (Å²) in [4.78, 5) is 15.8. The van der Waals surface area contributed by atoms with E-state index in [9.17, 15) is 9.90 Å². The number of terminal acetylenes is 1. The lowest BCUT2D eigenvalue weighted by molar-refractivity contribution is 0.0486. The van der Waals surface area contributed by atoms with E-state index in [4.69, 9.17) is 6.42 Å². The molecule has 18 heavy (non-hydrogen) atoms. The summed E-state index contributed by atoms with van der Waals surface area (Å²) in [5, 5.41) is 12.1. The number of carbonyl (C=O) groups is 1. The minimum atomic E-state index is -0.333. The number of nitrogens with one attached hydrogen (secondary N) is 1. The molecule has 1 fully saturated rings. The number of amides is 2. The summed E-state index contributed by atoms with van der Waals surface area (Å²) < 4.78 is 0. The second kappa shape index (κ2) is 7.24. The Kier molecular flexibility index (Phi) is 5.96. The van der Waals surface area contributed by atoms with E-state index in [-0.39, 0.29) is 18.7 Å². The van der Waals surface area contributed by atoms with Gasteiger partial charge in [-0.05, 0) is 13.3 Å². The van der Waals surface area contributed by atoms with Gasteiger partial charge in [0, 0.05) is 32.2 Å². The molecule has 102 valence electrons. The molecule has 2 atom stereocenters. The average molecular weight is 253 g/mol. The Morgan fingerprint density at radius 1 is 1.61 bits per heavy atom. The Morgan fingerprint density at radius 2 is 2.33 bits per heavy atom. The van der Waals surface area contributed by atoms with Gasteiger partial charge in [0.25, 0.3) is 0 Å². The van der Waals surface area contributed by atoms with Crippen LogP contribution in [0, 0.1) is 12.3 Å². The summed E-state index contributed by atoms with van der Waals surface area (Å²) in [6.07, 6.45) is 5.75. The lowest BCUT2D eigenvalue weighted by Crippen LogP contribution is -2.57. The first-order chi connectivity index (χ1) is 8.58. The number of aliphatic hydroxyl groups excluding tert-OH is 1. The molecule has 0 spiro atoms. The van der Waals surface area contributed by atoms with E-state index in [0.29, 0.717) is 25.7 Å². The van der Waals surface area contributed by atoms with E-state index in [1.165, 1.54) is 0 Å². The number of urea groups is 1. The molecule has 0 aliphatic carbocycles. The Bertz CT molecular complexity index is 312. The van der Waals surface area contributed by atoms with Crippen molar-refractivity contribution < 1.29 is 9.90 Å². The van der Waals surface area contributed by atoms with E-state index >= 15 is 0 Å². The van der Waals surface area contributed by atoms with Gasteiger partial charge < -0.3 is 15.3 Å². The third kappa shape index (κ3) is 4.21. The molecule has 0 aromatic rings. The topological polar surface area (TPSA) is 55.8 Å². The van der Waals surface area contributed by atoms with Gasteiger partial charge in [-0.25, -0.2) is 4.79 Å². The third-order valence-corrected chi connectivity index (χ3v) is 3.20. The van der Waals surface area contributed by atoms with Gasteiger partial charge >= 0.3 is 6.03 Å². The Labute approximate surface area is 109 Å². The molecule has 0 aromatic carbocycles. The summed E-state index contributed by atoms with van der Waals surface area (Å²) in [6.45, 7) is 7.00. The van der Waals surface area contributed by atoms with Crippen LogP contribution >= 0.6 is 0 Å². The summed E-state index contributed by atoms with van der Waals surface area (Å²) in [6, 6.07) is 0.216. The van der Waals surface area contributed by atoms with Gasteiger partial charge in [-0.15, -0.1) is 6.42 Å². The Morgan fingerprint density at radius 3 is 2.89 bits per heavy atom. The standard InChI is InChI=1S/C13H23N3O2/c1-4-6-14-13(18)16-8-7-15(9-11(3)17)12(5-2)10-16/h1,11-12,17H,5-10H2,2-3H3,(H,14,18)/t11-,12+/m0/s1. The van der Waals surface area contributed by atoms with Crippen molar-refractivity contribution in [3.8, 4) is 12.3 Å². The van der Waals surface area contributed by atoms with Crippen LogP contribution in [0.4, 0.5) is 4.79 Å². The molecule has 1 heterocycles. The first-order valence-corrected chi connectivity index (χ1v) is 6.46. The number of nitrogens with zero attached hydrogens (tertiary/aromatic N) is 2. The summed E-state index contributed by atoms with van der Waals surface area (Å²) in [5.74, 6) is 2.40. The van der Waals surface area contributed by atoms with Gasteiger partial charge in [0.2, 0.25) is 0 Å². The largest absolute Gasteiger partial charge is 0.392 e. The molecular weight excluding hydrogens is 230 g/mol. The van der Waals surface area contributed by atoms with Crippen molar-refractivity contribution in [3.63, 3.8) is 0 Å². The number of β-amino-alcohol motifs (C(OH)–C–C–N with tert-alkyl or cyclic N) is 1. The van der Waals surface area contributed by atoms with Crippen LogP contribution in [0.15, 0.2) is 0 Å². The molecule has 5 nitrogen and oxygen atoms in total. The van der Waals surface area contributed by atoms with E-state index in [1.807, 2.05) is 0 Å². The predicted molar refractivity (Wildman–Crippen MR) is 71.1 cm³/mol. The zero-order valence-corrected chi connectivity index (χ0v) is 11.2. The summed E-state index contributed by atoms with van der Waals surface area (Å²) >= 11 is 0. The number of piperazine rings is 1. The van der Waals surface area contributed by atoms with Gasteiger partial charge in [0.05, 0.1) is 12.6 Å². The zero-order valence-electron chi connectivity index (χ0n) is 11.2. The van der Waals surface area contributed by atoms with Crippen molar-refractivity contribution in [2.24, 2.45) is 0 Å². The Balaban J connectivity index is 2.50. The fourth-order valence-electron chi connectivity index (χ4n) is 2.28. The highest BCUT2D eigenvalue weighted by Crippen LogP contribution is 2.13.